The molecule has 5 heteroatoms. The second-order valence-electron chi connectivity index (χ2n) is 6.97. The molecule has 1 amide bonds. The van der Waals surface area contributed by atoms with Crippen molar-refractivity contribution in [1.29, 1.82) is 0 Å². The first-order chi connectivity index (χ1) is 11.1. The zero-order valence-electron chi connectivity index (χ0n) is 14.5. The number of carbonyl (C=O) groups excluding carboxylic acids is 1. The molecule has 0 bridgehead atoms. The smallest absolute Gasteiger partial charge is 0.222 e. The van der Waals surface area contributed by atoms with E-state index in [1.807, 2.05) is 6.20 Å². The van der Waals surface area contributed by atoms with Gasteiger partial charge in [-0.2, -0.15) is 0 Å². The third kappa shape index (κ3) is 5.34. The van der Waals surface area contributed by atoms with Crippen LogP contribution in [0, 0.1) is 5.92 Å². The van der Waals surface area contributed by atoms with Crippen LogP contribution in [0.4, 0.5) is 0 Å². The molecule has 0 aromatic carbocycles. The summed E-state index contributed by atoms with van der Waals surface area (Å²) < 4.78 is 2.06. The Morgan fingerprint density at radius 1 is 1.39 bits per heavy atom. The van der Waals surface area contributed by atoms with Gasteiger partial charge in [0.2, 0.25) is 5.91 Å². The van der Waals surface area contributed by atoms with Gasteiger partial charge in [-0.1, -0.05) is 33.1 Å². The summed E-state index contributed by atoms with van der Waals surface area (Å²) in [4.78, 5) is 16.7. The number of rotatable bonds is 8. The van der Waals surface area contributed by atoms with Gasteiger partial charge in [0.15, 0.2) is 0 Å². The van der Waals surface area contributed by atoms with E-state index in [-0.39, 0.29) is 18.6 Å². The summed E-state index contributed by atoms with van der Waals surface area (Å²) >= 11 is 0. The molecule has 5 nitrogen and oxygen atoms in total. The standard InChI is InChI=1S/C18H31N3O2/c1-14(2)18-19-10-12-21(18)11-8-17(23)20-16(9-13-22)15-6-4-3-5-7-15/h10,12,14-16,22H,3-9,11,13H2,1-2H3,(H,20,23). The topological polar surface area (TPSA) is 67.2 Å². The van der Waals surface area contributed by atoms with Crippen molar-refractivity contribution in [2.45, 2.75) is 77.3 Å². The van der Waals surface area contributed by atoms with Crippen molar-refractivity contribution >= 4 is 5.91 Å². The highest BCUT2D eigenvalue weighted by Gasteiger charge is 2.24. The van der Waals surface area contributed by atoms with Gasteiger partial charge in [0.05, 0.1) is 0 Å². The normalized spacial score (nSPS) is 17.4. The van der Waals surface area contributed by atoms with E-state index < -0.39 is 0 Å². The maximum atomic E-state index is 12.3. The van der Waals surface area contributed by atoms with Gasteiger partial charge >= 0.3 is 0 Å². The number of aliphatic hydroxyl groups excluding tert-OH is 1. The predicted molar refractivity (Wildman–Crippen MR) is 91.1 cm³/mol. The quantitative estimate of drug-likeness (QED) is 0.773. The lowest BCUT2D eigenvalue weighted by atomic mass is 9.82. The highest BCUT2D eigenvalue weighted by atomic mass is 16.3. The minimum Gasteiger partial charge on any atom is -0.396 e. The van der Waals surface area contributed by atoms with Gasteiger partial charge in [0.25, 0.3) is 0 Å². The Balaban J connectivity index is 1.85. The predicted octanol–water partition coefficient (Wildman–Crippen LogP) is 2.84. The van der Waals surface area contributed by atoms with Crippen LogP contribution in [0.1, 0.15) is 70.5 Å². The van der Waals surface area contributed by atoms with Crippen LogP contribution in [-0.2, 0) is 11.3 Å². The number of nitrogens with zero attached hydrogens (tertiary/aromatic N) is 2. The molecular formula is C18H31N3O2. The van der Waals surface area contributed by atoms with Gasteiger partial charge in [-0.25, -0.2) is 4.98 Å². The van der Waals surface area contributed by atoms with Crippen LogP contribution in [0.2, 0.25) is 0 Å². The number of nitrogens with one attached hydrogen (secondary N) is 1. The Kier molecular flexibility index (Phi) is 7.09. The molecule has 1 fully saturated rings. The van der Waals surface area contributed by atoms with Gasteiger partial charge in [0, 0.05) is 43.9 Å². The van der Waals surface area contributed by atoms with Gasteiger partial charge in [-0.15, -0.1) is 0 Å². The van der Waals surface area contributed by atoms with Gasteiger partial charge < -0.3 is 15.0 Å². The maximum absolute atomic E-state index is 12.3. The van der Waals surface area contributed by atoms with Crippen molar-refractivity contribution in [3.8, 4) is 0 Å². The zero-order chi connectivity index (χ0) is 16.7. The highest BCUT2D eigenvalue weighted by molar-refractivity contribution is 5.76. The number of imidazole rings is 1. The molecule has 0 saturated heterocycles. The minimum absolute atomic E-state index is 0.0810. The fourth-order valence-electron chi connectivity index (χ4n) is 3.61. The van der Waals surface area contributed by atoms with E-state index in [0.717, 1.165) is 5.82 Å². The molecule has 1 aromatic rings. The fraction of sp³-hybridized carbons (Fsp3) is 0.778. The van der Waals surface area contributed by atoms with E-state index in [1.54, 1.807) is 6.20 Å². The Labute approximate surface area is 139 Å². The molecule has 1 atom stereocenters. The number of aromatic nitrogens is 2. The first-order valence-corrected chi connectivity index (χ1v) is 9.03. The lowest BCUT2D eigenvalue weighted by Gasteiger charge is -2.30. The minimum atomic E-state index is 0.0810. The maximum Gasteiger partial charge on any atom is 0.222 e. The van der Waals surface area contributed by atoms with E-state index in [0.29, 0.717) is 31.2 Å². The second-order valence-corrected chi connectivity index (χ2v) is 6.97. The summed E-state index contributed by atoms with van der Waals surface area (Å²) in [6, 6.07) is 0.125. The van der Waals surface area contributed by atoms with Gasteiger partial charge in [-0.3, -0.25) is 4.79 Å². The van der Waals surface area contributed by atoms with Crippen LogP contribution in [0.15, 0.2) is 12.4 Å². The van der Waals surface area contributed by atoms with E-state index in [2.05, 4.69) is 28.7 Å². The van der Waals surface area contributed by atoms with Gasteiger partial charge in [-0.05, 0) is 25.2 Å². The molecule has 1 aromatic heterocycles. The second kappa shape index (κ2) is 9.06. The summed E-state index contributed by atoms with van der Waals surface area (Å²) in [5, 5.41) is 12.5. The Morgan fingerprint density at radius 3 is 2.78 bits per heavy atom. The third-order valence-electron chi connectivity index (χ3n) is 4.85. The van der Waals surface area contributed by atoms with Crippen LogP contribution in [-0.4, -0.2) is 33.2 Å². The van der Waals surface area contributed by atoms with Crippen molar-refractivity contribution < 1.29 is 9.90 Å². The summed E-state index contributed by atoms with van der Waals surface area (Å²) in [5.41, 5.74) is 0. The summed E-state index contributed by atoms with van der Waals surface area (Å²) in [6.45, 7) is 5.02. The van der Waals surface area contributed by atoms with E-state index in [1.165, 1.54) is 32.1 Å². The van der Waals surface area contributed by atoms with Crippen molar-refractivity contribution in [2.24, 2.45) is 5.92 Å². The molecule has 1 saturated carbocycles. The van der Waals surface area contributed by atoms with Crippen molar-refractivity contribution in [1.82, 2.24) is 14.9 Å². The van der Waals surface area contributed by atoms with Crippen LogP contribution in [0.25, 0.3) is 0 Å². The molecule has 0 spiro atoms. The van der Waals surface area contributed by atoms with Crippen LogP contribution in [0.3, 0.4) is 0 Å². The van der Waals surface area contributed by atoms with Gasteiger partial charge in [0.1, 0.15) is 5.82 Å². The zero-order valence-corrected chi connectivity index (χ0v) is 14.5. The Bertz CT molecular complexity index is 478. The number of hydrogen-bond donors (Lipinski definition) is 2. The van der Waals surface area contributed by atoms with Crippen LogP contribution >= 0.6 is 0 Å². The van der Waals surface area contributed by atoms with Crippen molar-refractivity contribution in [2.75, 3.05) is 6.61 Å². The molecule has 1 aliphatic carbocycles. The molecule has 1 heterocycles. The molecular weight excluding hydrogens is 290 g/mol. The molecule has 130 valence electrons. The summed E-state index contributed by atoms with van der Waals surface area (Å²) in [6.07, 6.45) is 11.0. The molecule has 23 heavy (non-hydrogen) atoms. The number of carbonyl (C=O) groups is 1. The largest absolute Gasteiger partial charge is 0.396 e. The van der Waals surface area contributed by atoms with E-state index in [9.17, 15) is 9.90 Å². The average molecular weight is 321 g/mol. The molecule has 2 N–H and O–H groups in total. The third-order valence-corrected chi connectivity index (χ3v) is 4.85. The molecule has 2 rings (SSSR count). The molecule has 0 aliphatic heterocycles. The van der Waals surface area contributed by atoms with Crippen molar-refractivity contribution in [3.05, 3.63) is 18.2 Å². The first kappa shape index (κ1) is 18.0. The Hall–Kier alpha value is -1.36. The number of aryl methyl sites for hydroxylation is 1. The number of amides is 1. The monoisotopic (exact) mass is 321 g/mol. The lowest BCUT2D eigenvalue weighted by molar-refractivity contribution is -0.122. The van der Waals surface area contributed by atoms with E-state index >= 15 is 0 Å². The highest BCUT2D eigenvalue weighted by Crippen LogP contribution is 2.27. The Morgan fingerprint density at radius 2 is 2.13 bits per heavy atom. The number of aliphatic hydroxyl groups is 1. The fourth-order valence-corrected chi connectivity index (χ4v) is 3.61. The van der Waals surface area contributed by atoms with E-state index in [4.69, 9.17) is 0 Å². The van der Waals surface area contributed by atoms with Crippen LogP contribution < -0.4 is 5.32 Å². The SMILES string of the molecule is CC(C)c1nccn1CCC(=O)NC(CCO)C1CCCCC1. The number of hydrogen-bond acceptors (Lipinski definition) is 3. The summed E-state index contributed by atoms with van der Waals surface area (Å²) in [5.74, 6) is 1.99. The summed E-state index contributed by atoms with van der Waals surface area (Å²) in [7, 11) is 0. The molecule has 1 aliphatic rings. The molecule has 0 radical (unpaired) electrons. The van der Waals surface area contributed by atoms with Crippen LogP contribution in [0.5, 0.6) is 0 Å². The van der Waals surface area contributed by atoms with Crippen molar-refractivity contribution in [3.63, 3.8) is 0 Å². The lowest BCUT2D eigenvalue weighted by Crippen LogP contribution is -2.42. The molecule has 1 unspecified atom stereocenters. The first-order valence-electron chi connectivity index (χ1n) is 9.03. The average Bonchev–Trinajstić information content (AvgIpc) is 3.02.